The van der Waals surface area contributed by atoms with Crippen LogP contribution in [0.3, 0.4) is 0 Å². The second-order valence-electron chi connectivity index (χ2n) is 4.53. The largest absolute Gasteiger partial charge is 0.481 e. The number of aliphatic carboxylic acids is 1. The van der Waals surface area contributed by atoms with Crippen LogP contribution in [0.4, 0.5) is 0 Å². The number of rotatable bonds is 5. The molecule has 1 N–H and O–H groups in total. The zero-order valence-electron chi connectivity index (χ0n) is 10.6. The van der Waals surface area contributed by atoms with Crippen molar-refractivity contribution >= 4 is 40.8 Å². The van der Waals surface area contributed by atoms with E-state index >= 15 is 0 Å². The molecule has 2 heterocycles. The molecule has 1 aliphatic heterocycles. The van der Waals surface area contributed by atoms with Crippen molar-refractivity contribution in [3.63, 3.8) is 0 Å². The van der Waals surface area contributed by atoms with Gasteiger partial charge in [-0.2, -0.15) is 0 Å². The molecule has 104 valence electrons. The maximum absolute atomic E-state index is 10.6. The van der Waals surface area contributed by atoms with Crippen LogP contribution in [0.5, 0.6) is 0 Å². The second-order valence-corrected chi connectivity index (χ2v) is 7.72. The van der Waals surface area contributed by atoms with Gasteiger partial charge in [-0.15, -0.1) is 23.1 Å². The quantitative estimate of drug-likeness (QED) is 0.849. The van der Waals surface area contributed by atoms with Crippen LogP contribution in [0, 0.1) is 0 Å². The van der Waals surface area contributed by atoms with E-state index in [2.05, 4.69) is 29.2 Å². The third kappa shape index (κ3) is 3.19. The SMILES string of the molecule is O=C(O)Cc1csc(SCC2CSc3ccccc32)n1. The molecule has 6 heteroatoms. The van der Waals surface area contributed by atoms with Gasteiger partial charge < -0.3 is 5.11 Å². The summed E-state index contributed by atoms with van der Waals surface area (Å²) < 4.78 is 0.968. The molecule has 0 bridgehead atoms. The van der Waals surface area contributed by atoms with Gasteiger partial charge in [0, 0.05) is 27.7 Å². The summed E-state index contributed by atoms with van der Waals surface area (Å²) in [5, 5.41) is 10.6. The molecule has 1 atom stereocenters. The average molecular weight is 323 g/mol. The van der Waals surface area contributed by atoms with E-state index < -0.39 is 5.97 Å². The molecule has 0 saturated carbocycles. The van der Waals surface area contributed by atoms with Crippen molar-refractivity contribution in [3.05, 3.63) is 40.9 Å². The first-order valence-electron chi connectivity index (χ1n) is 6.23. The zero-order valence-corrected chi connectivity index (χ0v) is 13.1. The van der Waals surface area contributed by atoms with Gasteiger partial charge >= 0.3 is 5.97 Å². The van der Waals surface area contributed by atoms with Gasteiger partial charge in [-0.1, -0.05) is 30.0 Å². The van der Waals surface area contributed by atoms with Gasteiger partial charge in [0.2, 0.25) is 0 Å². The Bertz CT molecular complexity index is 626. The Morgan fingerprint density at radius 3 is 3.15 bits per heavy atom. The van der Waals surface area contributed by atoms with Gasteiger partial charge in [0.05, 0.1) is 12.1 Å². The minimum absolute atomic E-state index is 0.0131. The van der Waals surface area contributed by atoms with Crippen LogP contribution in [-0.4, -0.2) is 27.6 Å². The highest BCUT2D eigenvalue weighted by Gasteiger charge is 2.23. The van der Waals surface area contributed by atoms with Crippen molar-refractivity contribution in [3.8, 4) is 0 Å². The standard InChI is InChI=1S/C14H13NO2S3/c16-13(17)5-10-8-20-14(15-10)19-7-9-6-18-12-4-2-1-3-11(9)12/h1-4,8-9H,5-7H2,(H,16,17). The average Bonchev–Trinajstić information content (AvgIpc) is 3.02. The lowest BCUT2D eigenvalue weighted by atomic mass is 10.0. The number of hydrogen-bond donors (Lipinski definition) is 1. The number of carboxylic acid groups (broad SMARTS) is 1. The molecule has 0 amide bonds. The molecule has 0 saturated heterocycles. The highest BCUT2D eigenvalue weighted by atomic mass is 32.2. The summed E-state index contributed by atoms with van der Waals surface area (Å²) in [5.41, 5.74) is 2.10. The lowest BCUT2D eigenvalue weighted by Gasteiger charge is -2.08. The van der Waals surface area contributed by atoms with E-state index in [0.717, 1.165) is 15.8 Å². The molecule has 3 rings (SSSR count). The van der Waals surface area contributed by atoms with Crippen molar-refractivity contribution in [2.45, 2.75) is 21.6 Å². The summed E-state index contributed by atoms with van der Waals surface area (Å²) in [6, 6.07) is 8.56. The number of carboxylic acids is 1. The molecule has 1 aromatic carbocycles. The fourth-order valence-electron chi connectivity index (χ4n) is 2.13. The van der Waals surface area contributed by atoms with Crippen molar-refractivity contribution in [2.75, 3.05) is 11.5 Å². The summed E-state index contributed by atoms with van der Waals surface area (Å²) in [6.45, 7) is 0. The minimum atomic E-state index is -0.826. The van der Waals surface area contributed by atoms with Crippen LogP contribution in [-0.2, 0) is 11.2 Å². The number of benzene rings is 1. The molecule has 0 fully saturated rings. The third-order valence-corrected chi connectivity index (χ3v) is 6.55. The van der Waals surface area contributed by atoms with Crippen molar-refractivity contribution in [2.24, 2.45) is 0 Å². The van der Waals surface area contributed by atoms with Crippen molar-refractivity contribution < 1.29 is 9.90 Å². The van der Waals surface area contributed by atoms with E-state index in [1.165, 1.54) is 21.8 Å². The van der Waals surface area contributed by atoms with Crippen LogP contribution >= 0.6 is 34.9 Å². The number of nitrogens with zero attached hydrogens (tertiary/aromatic N) is 1. The Balaban J connectivity index is 1.60. The summed E-state index contributed by atoms with van der Waals surface area (Å²) in [5.74, 6) is 1.87. The summed E-state index contributed by atoms with van der Waals surface area (Å²) in [7, 11) is 0. The lowest BCUT2D eigenvalue weighted by molar-refractivity contribution is -0.136. The van der Waals surface area contributed by atoms with Crippen molar-refractivity contribution in [1.29, 1.82) is 0 Å². The number of thioether (sulfide) groups is 2. The smallest absolute Gasteiger partial charge is 0.309 e. The second kappa shape index (κ2) is 6.20. The number of hydrogen-bond acceptors (Lipinski definition) is 5. The number of aromatic nitrogens is 1. The van der Waals surface area contributed by atoms with E-state index in [-0.39, 0.29) is 6.42 Å². The van der Waals surface area contributed by atoms with Crippen LogP contribution in [0.2, 0.25) is 0 Å². The van der Waals surface area contributed by atoms with Gasteiger partial charge in [-0.3, -0.25) is 4.79 Å². The topological polar surface area (TPSA) is 50.2 Å². The summed E-state index contributed by atoms with van der Waals surface area (Å²) >= 11 is 5.18. The molecule has 1 aromatic heterocycles. The van der Waals surface area contributed by atoms with Crippen LogP contribution in [0.25, 0.3) is 0 Å². The molecule has 3 nitrogen and oxygen atoms in total. The molecular formula is C14H13NO2S3. The Hall–Kier alpha value is -0.980. The first-order valence-corrected chi connectivity index (χ1v) is 9.08. The van der Waals surface area contributed by atoms with Crippen LogP contribution < -0.4 is 0 Å². The van der Waals surface area contributed by atoms with Crippen LogP contribution in [0.1, 0.15) is 17.2 Å². The monoisotopic (exact) mass is 323 g/mol. The van der Waals surface area contributed by atoms with E-state index in [1.54, 1.807) is 11.8 Å². The maximum Gasteiger partial charge on any atom is 0.309 e. The van der Waals surface area contributed by atoms with E-state index in [1.807, 2.05) is 17.1 Å². The normalized spacial score (nSPS) is 17.1. The molecule has 1 unspecified atom stereocenters. The molecule has 0 aliphatic carbocycles. The molecule has 0 radical (unpaired) electrons. The Morgan fingerprint density at radius 2 is 2.30 bits per heavy atom. The minimum Gasteiger partial charge on any atom is -0.481 e. The van der Waals surface area contributed by atoms with Gasteiger partial charge in [-0.25, -0.2) is 4.98 Å². The van der Waals surface area contributed by atoms with E-state index in [0.29, 0.717) is 11.6 Å². The number of carbonyl (C=O) groups is 1. The number of thiazole rings is 1. The Labute approximate surface area is 129 Å². The molecule has 1 aliphatic rings. The third-order valence-electron chi connectivity index (χ3n) is 3.07. The van der Waals surface area contributed by atoms with Gasteiger partial charge in [0.1, 0.15) is 4.34 Å². The van der Waals surface area contributed by atoms with E-state index in [9.17, 15) is 4.79 Å². The van der Waals surface area contributed by atoms with Gasteiger partial charge in [0.15, 0.2) is 0 Å². The Morgan fingerprint density at radius 1 is 1.45 bits per heavy atom. The van der Waals surface area contributed by atoms with Gasteiger partial charge in [0.25, 0.3) is 0 Å². The van der Waals surface area contributed by atoms with Gasteiger partial charge in [-0.05, 0) is 11.6 Å². The fraction of sp³-hybridized carbons (Fsp3) is 0.286. The highest BCUT2D eigenvalue weighted by molar-refractivity contribution is 8.01. The maximum atomic E-state index is 10.6. The van der Waals surface area contributed by atoms with Crippen LogP contribution in [0.15, 0.2) is 38.9 Å². The lowest BCUT2D eigenvalue weighted by Crippen LogP contribution is -2.01. The highest BCUT2D eigenvalue weighted by Crippen LogP contribution is 2.41. The van der Waals surface area contributed by atoms with E-state index in [4.69, 9.17) is 5.11 Å². The molecule has 0 spiro atoms. The summed E-state index contributed by atoms with van der Waals surface area (Å²) in [4.78, 5) is 16.4. The number of fused-ring (bicyclic) bond motifs is 1. The molecule has 20 heavy (non-hydrogen) atoms. The predicted octanol–water partition coefficient (Wildman–Crippen LogP) is 3.75. The molecular weight excluding hydrogens is 310 g/mol. The zero-order chi connectivity index (χ0) is 13.9. The summed E-state index contributed by atoms with van der Waals surface area (Å²) in [6.07, 6.45) is 0.0131. The first kappa shape index (κ1) is 14.0. The fourth-order valence-corrected chi connectivity index (χ4v) is 5.52. The predicted molar refractivity (Wildman–Crippen MR) is 84.1 cm³/mol. The molecule has 2 aromatic rings. The Kier molecular flexibility index (Phi) is 4.33. The first-order chi connectivity index (χ1) is 9.72. The van der Waals surface area contributed by atoms with Crippen molar-refractivity contribution in [1.82, 2.24) is 4.98 Å².